The maximum Gasteiger partial charge on any atom is 0.191 e. The highest BCUT2D eigenvalue weighted by Crippen LogP contribution is 2.31. The molecule has 2 rings (SSSR count). The molecule has 0 spiro atoms. The first kappa shape index (κ1) is 12.4. The van der Waals surface area contributed by atoms with Crippen LogP contribution in [0.25, 0.3) is 0 Å². The van der Waals surface area contributed by atoms with E-state index in [-0.39, 0.29) is 0 Å². The van der Waals surface area contributed by atoms with Crippen molar-refractivity contribution in [1.82, 2.24) is 10.6 Å². The molecule has 1 aliphatic rings. The molecule has 0 radical (unpaired) electrons. The maximum atomic E-state index is 4.57. The third-order valence-corrected chi connectivity index (χ3v) is 3.62. The van der Waals surface area contributed by atoms with E-state index < -0.39 is 0 Å². The van der Waals surface area contributed by atoms with E-state index in [1.807, 2.05) is 0 Å². The molecule has 4 heteroatoms. The van der Waals surface area contributed by atoms with Gasteiger partial charge in [0.2, 0.25) is 0 Å². The van der Waals surface area contributed by atoms with Crippen LogP contribution in [0, 0.1) is 5.92 Å². The number of thiophene rings is 1. The standard InChI is InChI=1S/C13H21N3S/c1-2-14-13(15-7-5-11-3-4-11)16-9-12-6-8-17-10-12/h6,8,10-11H,2-5,7,9H2,1H3,(H2,14,15,16). The number of aliphatic imine (C=N–C) groups is 1. The summed E-state index contributed by atoms with van der Waals surface area (Å²) in [5.74, 6) is 1.92. The summed E-state index contributed by atoms with van der Waals surface area (Å²) in [6.07, 6.45) is 4.12. The quantitative estimate of drug-likeness (QED) is 0.602. The van der Waals surface area contributed by atoms with Gasteiger partial charge in [0.1, 0.15) is 0 Å². The van der Waals surface area contributed by atoms with Crippen molar-refractivity contribution in [2.24, 2.45) is 10.9 Å². The highest BCUT2D eigenvalue weighted by molar-refractivity contribution is 7.07. The van der Waals surface area contributed by atoms with Crippen LogP contribution in [0.5, 0.6) is 0 Å². The number of nitrogens with one attached hydrogen (secondary N) is 2. The predicted molar refractivity (Wildman–Crippen MR) is 74.5 cm³/mol. The summed E-state index contributed by atoms with van der Waals surface area (Å²) >= 11 is 1.72. The second-order valence-electron chi connectivity index (χ2n) is 4.49. The molecule has 0 unspecified atom stereocenters. The average molecular weight is 251 g/mol. The normalized spacial score (nSPS) is 15.9. The lowest BCUT2D eigenvalue weighted by Crippen LogP contribution is -2.37. The molecule has 0 atom stereocenters. The van der Waals surface area contributed by atoms with Gasteiger partial charge in [-0.1, -0.05) is 12.8 Å². The molecule has 1 aromatic heterocycles. The molecule has 0 aliphatic heterocycles. The van der Waals surface area contributed by atoms with E-state index in [0.717, 1.165) is 31.5 Å². The Hall–Kier alpha value is -1.03. The number of rotatable bonds is 6. The van der Waals surface area contributed by atoms with E-state index in [9.17, 15) is 0 Å². The van der Waals surface area contributed by atoms with Crippen molar-refractivity contribution in [3.05, 3.63) is 22.4 Å². The zero-order valence-corrected chi connectivity index (χ0v) is 11.2. The molecule has 1 fully saturated rings. The number of nitrogens with zero attached hydrogens (tertiary/aromatic N) is 1. The zero-order valence-electron chi connectivity index (χ0n) is 10.4. The highest BCUT2D eigenvalue weighted by atomic mass is 32.1. The molecule has 3 nitrogen and oxygen atoms in total. The lowest BCUT2D eigenvalue weighted by Gasteiger charge is -2.10. The summed E-state index contributed by atoms with van der Waals surface area (Å²) in [6, 6.07) is 2.13. The monoisotopic (exact) mass is 251 g/mol. The number of hydrogen-bond acceptors (Lipinski definition) is 2. The molecule has 94 valence electrons. The van der Waals surface area contributed by atoms with Gasteiger partial charge in [-0.3, -0.25) is 0 Å². The van der Waals surface area contributed by atoms with Gasteiger partial charge in [0, 0.05) is 13.1 Å². The summed E-state index contributed by atoms with van der Waals surface area (Å²) in [7, 11) is 0. The van der Waals surface area contributed by atoms with Gasteiger partial charge in [0.05, 0.1) is 6.54 Å². The largest absolute Gasteiger partial charge is 0.357 e. The van der Waals surface area contributed by atoms with E-state index in [0.29, 0.717) is 0 Å². The van der Waals surface area contributed by atoms with Crippen molar-refractivity contribution in [1.29, 1.82) is 0 Å². The minimum absolute atomic E-state index is 0.766. The van der Waals surface area contributed by atoms with Crippen molar-refractivity contribution < 1.29 is 0 Å². The molecule has 0 saturated heterocycles. The van der Waals surface area contributed by atoms with Gasteiger partial charge in [-0.15, -0.1) is 0 Å². The lowest BCUT2D eigenvalue weighted by atomic mass is 10.3. The van der Waals surface area contributed by atoms with E-state index >= 15 is 0 Å². The van der Waals surface area contributed by atoms with Crippen LogP contribution in [0.1, 0.15) is 31.7 Å². The third kappa shape index (κ3) is 4.77. The molecule has 0 amide bonds. The van der Waals surface area contributed by atoms with Crippen molar-refractivity contribution in [2.75, 3.05) is 13.1 Å². The number of guanidine groups is 1. The summed E-state index contributed by atoms with van der Waals surface area (Å²) < 4.78 is 0. The van der Waals surface area contributed by atoms with E-state index in [2.05, 4.69) is 39.4 Å². The summed E-state index contributed by atoms with van der Waals surface area (Å²) in [5, 5.41) is 10.9. The molecule has 1 saturated carbocycles. The first-order valence-electron chi connectivity index (χ1n) is 6.41. The maximum absolute atomic E-state index is 4.57. The fraction of sp³-hybridized carbons (Fsp3) is 0.615. The fourth-order valence-corrected chi connectivity index (χ4v) is 2.36. The van der Waals surface area contributed by atoms with Gasteiger partial charge in [-0.05, 0) is 41.7 Å². The van der Waals surface area contributed by atoms with Crippen LogP contribution in [-0.4, -0.2) is 19.0 Å². The Morgan fingerprint density at radius 2 is 2.35 bits per heavy atom. The highest BCUT2D eigenvalue weighted by Gasteiger charge is 2.20. The molecular formula is C13H21N3S. The molecule has 1 aliphatic carbocycles. The van der Waals surface area contributed by atoms with E-state index in [1.54, 1.807) is 11.3 Å². The van der Waals surface area contributed by atoms with Crippen molar-refractivity contribution in [2.45, 2.75) is 32.7 Å². The van der Waals surface area contributed by atoms with Crippen molar-refractivity contribution in [3.63, 3.8) is 0 Å². The predicted octanol–water partition coefficient (Wildman–Crippen LogP) is 2.60. The van der Waals surface area contributed by atoms with E-state index in [4.69, 9.17) is 0 Å². The second kappa shape index (κ2) is 6.64. The van der Waals surface area contributed by atoms with Gasteiger partial charge in [0.25, 0.3) is 0 Å². The molecule has 1 aromatic rings. The first-order chi connectivity index (χ1) is 8.38. The van der Waals surface area contributed by atoms with Crippen LogP contribution in [0.15, 0.2) is 21.8 Å². The molecule has 17 heavy (non-hydrogen) atoms. The van der Waals surface area contributed by atoms with Crippen LogP contribution >= 0.6 is 11.3 Å². The molecule has 0 aromatic carbocycles. The molecular weight excluding hydrogens is 230 g/mol. The van der Waals surface area contributed by atoms with E-state index in [1.165, 1.54) is 24.8 Å². The minimum atomic E-state index is 0.766. The Balaban J connectivity index is 1.75. The van der Waals surface area contributed by atoms with Crippen LogP contribution in [0.3, 0.4) is 0 Å². The Labute approximate surface area is 107 Å². The van der Waals surface area contributed by atoms with Crippen molar-refractivity contribution in [3.8, 4) is 0 Å². The lowest BCUT2D eigenvalue weighted by molar-refractivity contribution is 0.685. The minimum Gasteiger partial charge on any atom is -0.357 e. The second-order valence-corrected chi connectivity index (χ2v) is 5.27. The van der Waals surface area contributed by atoms with Crippen LogP contribution in [0.4, 0.5) is 0 Å². The summed E-state index contributed by atoms with van der Waals surface area (Å²) in [6.45, 7) is 4.82. The van der Waals surface area contributed by atoms with Gasteiger partial charge >= 0.3 is 0 Å². The molecule has 1 heterocycles. The fourth-order valence-electron chi connectivity index (χ4n) is 1.70. The average Bonchev–Trinajstić information content (AvgIpc) is 3.00. The van der Waals surface area contributed by atoms with Gasteiger partial charge in [-0.2, -0.15) is 11.3 Å². The van der Waals surface area contributed by atoms with Crippen LogP contribution < -0.4 is 10.6 Å². The molecule has 0 bridgehead atoms. The number of hydrogen-bond donors (Lipinski definition) is 2. The third-order valence-electron chi connectivity index (χ3n) is 2.89. The smallest absolute Gasteiger partial charge is 0.191 e. The summed E-state index contributed by atoms with van der Waals surface area (Å²) in [4.78, 5) is 4.57. The van der Waals surface area contributed by atoms with Gasteiger partial charge in [0.15, 0.2) is 5.96 Å². The van der Waals surface area contributed by atoms with Crippen molar-refractivity contribution >= 4 is 17.3 Å². The Morgan fingerprint density at radius 3 is 3.00 bits per heavy atom. The topological polar surface area (TPSA) is 36.4 Å². The van der Waals surface area contributed by atoms with Gasteiger partial charge in [-0.25, -0.2) is 4.99 Å². The first-order valence-corrected chi connectivity index (χ1v) is 7.36. The summed E-state index contributed by atoms with van der Waals surface area (Å²) in [5.41, 5.74) is 1.29. The Kier molecular flexibility index (Phi) is 4.86. The van der Waals surface area contributed by atoms with Crippen LogP contribution in [0.2, 0.25) is 0 Å². The SMILES string of the molecule is CCNC(=NCc1ccsc1)NCCC1CC1. The Bertz CT molecular complexity index is 342. The van der Waals surface area contributed by atoms with Crippen LogP contribution in [-0.2, 0) is 6.54 Å². The zero-order chi connectivity index (χ0) is 11.9. The Morgan fingerprint density at radius 1 is 1.47 bits per heavy atom. The van der Waals surface area contributed by atoms with Gasteiger partial charge < -0.3 is 10.6 Å². The molecule has 2 N–H and O–H groups in total.